The van der Waals surface area contributed by atoms with E-state index in [0.717, 1.165) is 11.1 Å². The van der Waals surface area contributed by atoms with E-state index in [4.69, 9.17) is 9.47 Å². The van der Waals surface area contributed by atoms with Crippen LogP contribution < -0.4 is 20.1 Å². The first-order chi connectivity index (χ1) is 10.6. The molecule has 0 fully saturated rings. The molecule has 0 unspecified atom stereocenters. The molecule has 0 aromatic heterocycles. The van der Waals surface area contributed by atoms with Crippen LogP contribution in [-0.4, -0.2) is 20.3 Å². The smallest absolute Gasteiger partial charge is 0.319 e. The first-order valence-electron chi connectivity index (χ1n) is 6.95. The van der Waals surface area contributed by atoms with Gasteiger partial charge in [0.1, 0.15) is 0 Å². The van der Waals surface area contributed by atoms with E-state index in [-0.39, 0.29) is 6.03 Å². The minimum atomic E-state index is -0.268. The molecule has 0 atom stereocenters. The summed E-state index contributed by atoms with van der Waals surface area (Å²) in [4.78, 5) is 12.0. The van der Waals surface area contributed by atoms with Crippen molar-refractivity contribution in [1.82, 2.24) is 5.32 Å². The number of benzene rings is 2. The maximum Gasteiger partial charge on any atom is 0.319 e. The van der Waals surface area contributed by atoms with Gasteiger partial charge >= 0.3 is 6.03 Å². The molecule has 0 heterocycles. The number of hydrogen-bond acceptors (Lipinski definition) is 3. The van der Waals surface area contributed by atoms with Gasteiger partial charge in [0.25, 0.3) is 0 Å². The van der Waals surface area contributed by atoms with Gasteiger partial charge in [-0.1, -0.05) is 24.3 Å². The molecule has 5 heteroatoms. The van der Waals surface area contributed by atoms with Gasteiger partial charge in [-0.3, -0.25) is 0 Å². The fourth-order valence-corrected chi connectivity index (χ4v) is 2.07. The molecular weight excluding hydrogens is 280 g/mol. The molecule has 0 radical (unpaired) electrons. The van der Waals surface area contributed by atoms with Crippen molar-refractivity contribution in [3.8, 4) is 11.5 Å². The topological polar surface area (TPSA) is 59.6 Å². The van der Waals surface area contributed by atoms with Crippen LogP contribution in [0.5, 0.6) is 11.5 Å². The van der Waals surface area contributed by atoms with Crippen molar-refractivity contribution >= 4 is 11.7 Å². The third-order valence-corrected chi connectivity index (χ3v) is 3.34. The fourth-order valence-electron chi connectivity index (χ4n) is 2.07. The van der Waals surface area contributed by atoms with E-state index < -0.39 is 0 Å². The molecule has 5 nitrogen and oxygen atoms in total. The second-order valence-corrected chi connectivity index (χ2v) is 4.80. The van der Waals surface area contributed by atoms with Gasteiger partial charge in [0.05, 0.1) is 14.2 Å². The number of carbonyl (C=O) groups excluding carboxylic acids is 1. The number of carbonyl (C=O) groups is 1. The molecule has 0 aliphatic heterocycles. The van der Waals surface area contributed by atoms with Crippen LogP contribution in [0, 0.1) is 6.92 Å². The molecule has 0 saturated heterocycles. The average Bonchev–Trinajstić information content (AvgIpc) is 2.54. The number of nitrogens with one attached hydrogen (secondary N) is 2. The summed E-state index contributed by atoms with van der Waals surface area (Å²) in [5.41, 5.74) is 2.87. The molecule has 2 rings (SSSR count). The number of aryl methyl sites for hydroxylation is 1. The summed E-state index contributed by atoms with van der Waals surface area (Å²) >= 11 is 0. The van der Waals surface area contributed by atoms with Crippen LogP contribution in [0.15, 0.2) is 42.5 Å². The Labute approximate surface area is 130 Å². The minimum absolute atomic E-state index is 0.268. The van der Waals surface area contributed by atoms with Crippen LogP contribution in [0.4, 0.5) is 10.5 Å². The Morgan fingerprint density at radius 2 is 1.77 bits per heavy atom. The van der Waals surface area contributed by atoms with Crippen molar-refractivity contribution in [3.63, 3.8) is 0 Å². The summed E-state index contributed by atoms with van der Waals surface area (Å²) in [7, 11) is 3.12. The Hall–Kier alpha value is -2.69. The van der Waals surface area contributed by atoms with Crippen LogP contribution in [0.1, 0.15) is 11.1 Å². The molecule has 0 aliphatic rings. The number of urea groups is 1. The summed E-state index contributed by atoms with van der Waals surface area (Å²) in [5.74, 6) is 1.19. The number of anilines is 1. The summed E-state index contributed by atoms with van der Waals surface area (Å²) in [6.07, 6.45) is 0. The van der Waals surface area contributed by atoms with Gasteiger partial charge in [-0.2, -0.15) is 0 Å². The van der Waals surface area contributed by atoms with E-state index in [1.54, 1.807) is 32.4 Å². The first-order valence-corrected chi connectivity index (χ1v) is 6.95. The van der Waals surface area contributed by atoms with Gasteiger partial charge in [0, 0.05) is 18.3 Å². The summed E-state index contributed by atoms with van der Waals surface area (Å²) in [5, 5.41) is 5.60. The van der Waals surface area contributed by atoms with Crippen LogP contribution in [-0.2, 0) is 6.54 Å². The minimum Gasteiger partial charge on any atom is -0.493 e. The molecule has 0 saturated carbocycles. The largest absolute Gasteiger partial charge is 0.493 e. The monoisotopic (exact) mass is 300 g/mol. The molecule has 2 aromatic carbocycles. The zero-order valence-electron chi connectivity index (χ0n) is 13.0. The van der Waals surface area contributed by atoms with Gasteiger partial charge in [-0.15, -0.1) is 0 Å². The second-order valence-electron chi connectivity index (χ2n) is 4.80. The number of ether oxygens (including phenoxy) is 2. The van der Waals surface area contributed by atoms with E-state index in [0.29, 0.717) is 23.7 Å². The van der Waals surface area contributed by atoms with Gasteiger partial charge in [-0.25, -0.2) is 4.79 Å². The van der Waals surface area contributed by atoms with Gasteiger partial charge in [0.15, 0.2) is 11.5 Å². The highest BCUT2D eigenvalue weighted by Gasteiger charge is 2.07. The molecule has 22 heavy (non-hydrogen) atoms. The molecular formula is C17H20N2O3. The average molecular weight is 300 g/mol. The number of amides is 2. The third-order valence-electron chi connectivity index (χ3n) is 3.34. The van der Waals surface area contributed by atoms with Crippen molar-refractivity contribution in [1.29, 1.82) is 0 Å². The molecule has 0 aliphatic carbocycles. The Bertz CT molecular complexity index is 656. The normalized spacial score (nSPS) is 9.95. The van der Waals surface area contributed by atoms with Crippen molar-refractivity contribution in [2.45, 2.75) is 13.5 Å². The van der Waals surface area contributed by atoms with Crippen LogP contribution in [0.25, 0.3) is 0 Å². The lowest BCUT2D eigenvalue weighted by molar-refractivity contribution is 0.251. The van der Waals surface area contributed by atoms with Crippen molar-refractivity contribution in [2.24, 2.45) is 0 Å². The third kappa shape index (κ3) is 3.91. The van der Waals surface area contributed by atoms with E-state index in [1.807, 2.05) is 31.2 Å². The van der Waals surface area contributed by atoms with Gasteiger partial charge in [0.2, 0.25) is 0 Å². The number of hydrogen-bond donors (Lipinski definition) is 2. The SMILES string of the molecule is COc1ccc(NC(=O)NCc2ccccc2C)cc1OC. The molecule has 0 bridgehead atoms. The number of methoxy groups -OCH3 is 2. The van der Waals surface area contributed by atoms with Gasteiger partial charge in [-0.05, 0) is 30.2 Å². The highest BCUT2D eigenvalue weighted by atomic mass is 16.5. The van der Waals surface area contributed by atoms with E-state index in [9.17, 15) is 4.79 Å². The fraction of sp³-hybridized carbons (Fsp3) is 0.235. The quantitative estimate of drug-likeness (QED) is 0.890. The summed E-state index contributed by atoms with van der Waals surface area (Å²) < 4.78 is 10.4. The predicted octanol–water partition coefficient (Wildman–Crippen LogP) is 3.33. The molecule has 2 aromatic rings. The summed E-state index contributed by atoms with van der Waals surface area (Å²) in [6, 6.07) is 12.9. The van der Waals surface area contributed by atoms with Crippen LogP contribution >= 0.6 is 0 Å². The van der Waals surface area contributed by atoms with Crippen molar-refractivity contribution < 1.29 is 14.3 Å². The molecule has 2 amide bonds. The number of rotatable bonds is 5. The Morgan fingerprint density at radius 3 is 2.45 bits per heavy atom. The predicted molar refractivity (Wildman–Crippen MR) is 86.6 cm³/mol. The van der Waals surface area contributed by atoms with Crippen molar-refractivity contribution in [2.75, 3.05) is 19.5 Å². The van der Waals surface area contributed by atoms with E-state index >= 15 is 0 Å². The Morgan fingerprint density at radius 1 is 1.05 bits per heavy atom. The van der Waals surface area contributed by atoms with Crippen LogP contribution in [0.3, 0.4) is 0 Å². The standard InChI is InChI=1S/C17H20N2O3/c1-12-6-4-5-7-13(12)11-18-17(20)19-14-8-9-15(21-2)16(10-14)22-3/h4-10H,11H2,1-3H3,(H2,18,19,20). The van der Waals surface area contributed by atoms with E-state index in [2.05, 4.69) is 10.6 Å². The second kappa shape index (κ2) is 7.36. The zero-order valence-corrected chi connectivity index (χ0v) is 13.0. The zero-order chi connectivity index (χ0) is 15.9. The lowest BCUT2D eigenvalue weighted by atomic mass is 10.1. The Balaban J connectivity index is 1.96. The molecule has 116 valence electrons. The van der Waals surface area contributed by atoms with Crippen LogP contribution in [0.2, 0.25) is 0 Å². The maximum atomic E-state index is 12.0. The molecule has 2 N–H and O–H groups in total. The highest BCUT2D eigenvalue weighted by Crippen LogP contribution is 2.29. The first kappa shape index (κ1) is 15.7. The lowest BCUT2D eigenvalue weighted by Crippen LogP contribution is -2.28. The lowest BCUT2D eigenvalue weighted by Gasteiger charge is -2.12. The maximum absolute atomic E-state index is 12.0. The van der Waals surface area contributed by atoms with Crippen molar-refractivity contribution in [3.05, 3.63) is 53.6 Å². The van der Waals surface area contributed by atoms with Gasteiger partial charge < -0.3 is 20.1 Å². The highest BCUT2D eigenvalue weighted by molar-refractivity contribution is 5.89. The van der Waals surface area contributed by atoms with E-state index in [1.165, 1.54) is 0 Å². The Kier molecular flexibility index (Phi) is 5.25. The molecule has 0 spiro atoms. The summed E-state index contributed by atoms with van der Waals surface area (Å²) in [6.45, 7) is 2.50.